The summed E-state index contributed by atoms with van der Waals surface area (Å²) in [5.74, 6) is 0.397. The van der Waals surface area contributed by atoms with Crippen LogP contribution in [0.4, 0.5) is 4.79 Å². The second-order valence-corrected chi connectivity index (χ2v) is 6.31. The number of alkyl carbamates (subject to hydrolysis) is 1. The second-order valence-electron chi connectivity index (χ2n) is 6.31. The monoisotopic (exact) mass is 310 g/mol. The minimum atomic E-state index is -0.644. The van der Waals surface area contributed by atoms with Crippen molar-refractivity contribution in [1.29, 1.82) is 0 Å². The van der Waals surface area contributed by atoms with Gasteiger partial charge < -0.3 is 19.8 Å². The van der Waals surface area contributed by atoms with Gasteiger partial charge in [0.05, 0.1) is 12.8 Å². The van der Waals surface area contributed by atoms with Crippen LogP contribution in [0.25, 0.3) is 0 Å². The van der Waals surface area contributed by atoms with Crippen LogP contribution in [-0.2, 0) is 16.1 Å². The molecular formula is C16H26N2O4. The molecule has 0 aromatic carbocycles. The molecular weight excluding hydrogens is 284 g/mol. The van der Waals surface area contributed by atoms with Crippen LogP contribution in [0, 0.1) is 5.92 Å². The largest absolute Gasteiger partial charge is 0.467 e. The van der Waals surface area contributed by atoms with Gasteiger partial charge in [-0.3, -0.25) is 4.79 Å². The van der Waals surface area contributed by atoms with Crippen LogP contribution in [0.3, 0.4) is 0 Å². The van der Waals surface area contributed by atoms with Crippen LogP contribution in [0.2, 0.25) is 0 Å². The van der Waals surface area contributed by atoms with Crippen molar-refractivity contribution in [3.8, 4) is 0 Å². The topological polar surface area (TPSA) is 80.6 Å². The number of hydrogen-bond donors (Lipinski definition) is 2. The van der Waals surface area contributed by atoms with Gasteiger partial charge in [0.1, 0.15) is 17.4 Å². The maximum Gasteiger partial charge on any atom is 0.408 e. The lowest BCUT2D eigenvalue weighted by molar-refractivity contribution is -0.124. The number of rotatable bonds is 6. The Labute approximate surface area is 131 Å². The predicted octanol–water partition coefficient (Wildman–Crippen LogP) is 2.84. The quantitative estimate of drug-likeness (QED) is 0.846. The van der Waals surface area contributed by atoms with Crippen molar-refractivity contribution in [2.24, 2.45) is 5.92 Å². The summed E-state index contributed by atoms with van der Waals surface area (Å²) >= 11 is 0. The third kappa shape index (κ3) is 6.20. The van der Waals surface area contributed by atoms with Crippen molar-refractivity contribution in [1.82, 2.24) is 10.6 Å². The molecule has 0 bridgehead atoms. The van der Waals surface area contributed by atoms with Gasteiger partial charge in [-0.05, 0) is 38.8 Å². The molecule has 0 unspecified atom stereocenters. The summed E-state index contributed by atoms with van der Waals surface area (Å²) in [6.45, 7) is 9.50. The van der Waals surface area contributed by atoms with E-state index in [0.29, 0.717) is 5.76 Å². The molecule has 0 aliphatic heterocycles. The highest BCUT2D eigenvalue weighted by Gasteiger charge is 2.28. The molecule has 22 heavy (non-hydrogen) atoms. The predicted molar refractivity (Wildman–Crippen MR) is 83.2 cm³/mol. The van der Waals surface area contributed by atoms with Crippen molar-refractivity contribution >= 4 is 12.0 Å². The Morgan fingerprint density at radius 3 is 2.55 bits per heavy atom. The van der Waals surface area contributed by atoms with E-state index in [1.165, 1.54) is 0 Å². The fourth-order valence-corrected chi connectivity index (χ4v) is 1.83. The molecule has 6 nitrogen and oxygen atoms in total. The van der Waals surface area contributed by atoms with Crippen molar-refractivity contribution < 1.29 is 18.7 Å². The Morgan fingerprint density at radius 1 is 1.36 bits per heavy atom. The van der Waals surface area contributed by atoms with E-state index in [-0.39, 0.29) is 18.4 Å². The van der Waals surface area contributed by atoms with E-state index in [1.807, 2.05) is 13.8 Å². The average molecular weight is 310 g/mol. The number of carbonyl (C=O) groups is 2. The molecule has 2 amide bonds. The first-order chi connectivity index (χ1) is 10.2. The van der Waals surface area contributed by atoms with E-state index in [4.69, 9.17) is 9.15 Å². The zero-order chi connectivity index (χ0) is 16.8. The summed E-state index contributed by atoms with van der Waals surface area (Å²) < 4.78 is 10.4. The van der Waals surface area contributed by atoms with Gasteiger partial charge in [-0.2, -0.15) is 0 Å². The first kappa shape index (κ1) is 18.1. The van der Waals surface area contributed by atoms with E-state index in [1.54, 1.807) is 39.2 Å². The normalized spacial score (nSPS) is 14.0. The molecule has 1 aromatic rings. The number of ether oxygens (including phenoxy) is 1. The summed E-state index contributed by atoms with van der Waals surface area (Å²) in [6.07, 6.45) is 1.72. The summed E-state index contributed by atoms with van der Waals surface area (Å²) in [4.78, 5) is 24.2. The SMILES string of the molecule is CC[C@@H](C)[C@H](NC(=O)OC(C)(C)C)C(=O)NCc1ccco1. The minimum absolute atomic E-state index is 0.0101. The first-order valence-corrected chi connectivity index (χ1v) is 7.52. The zero-order valence-corrected chi connectivity index (χ0v) is 13.9. The maximum atomic E-state index is 12.3. The van der Waals surface area contributed by atoms with Crippen molar-refractivity contribution in [2.75, 3.05) is 0 Å². The van der Waals surface area contributed by atoms with E-state index in [2.05, 4.69) is 10.6 Å². The average Bonchev–Trinajstić information content (AvgIpc) is 2.92. The van der Waals surface area contributed by atoms with Crippen LogP contribution in [0.5, 0.6) is 0 Å². The van der Waals surface area contributed by atoms with E-state index in [9.17, 15) is 9.59 Å². The number of nitrogens with one attached hydrogen (secondary N) is 2. The maximum absolute atomic E-state index is 12.3. The molecule has 124 valence electrons. The fraction of sp³-hybridized carbons (Fsp3) is 0.625. The number of furan rings is 1. The summed E-state index contributed by atoms with van der Waals surface area (Å²) in [7, 11) is 0. The van der Waals surface area contributed by atoms with Gasteiger partial charge in [0.2, 0.25) is 5.91 Å². The fourth-order valence-electron chi connectivity index (χ4n) is 1.83. The Morgan fingerprint density at radius 2 is 2.05 bits per heavy atom. The van der Waals surface area contributed by atoms with Crippen LogP contribution in [0.1, 0.15) is 46.8 Å². The number of carbonyl (C=O) groups excluding carboxylic acids is 2. The first-order valence-electron chi connectivity index (χ1n) is 7.52. The van der Waals surface area contributed by atoms with Gasteiger partial charge in [-0.25, -0.2) is 4.79 Å². The highest BCUT2D eigenvalue weighted by molar-refractivity contribution is 5.85. The van der Waals surface area contributed by atoms with Gasteiger partial charge in [0.25, 0.3) is 0 Å². The summed E-state index contributed by atoms with van der Waals surface area (Å²) in [5.41, 5.74) is -0.602. The van der Waals surface area contributed by atoms with Crippen molar-refractivity contribution in [2.45, 2.75) is 59.2 Å². The molecule has 2 atom stereocenters. The Balaban J connectivity index is 2.62. The highest BCUT2D eigenvalue weighted by atomic mass is 16.6. The lowest BCUT2D eigenvalue weighted by Gasteiger charge is -2.26. The lowest BCUT2D eigenvalue weighted by Crippen LogP contribution is -2.51. The molecule has 1 aromatic heterocycles. The van der Waals surface area contributed by atoms with E-state index >= 15 is 0 Å². The standard InChI is InChI=1S/C16H26N2O4/c1-6-11(2)13(18-15(20)22-16(3,4)5)14(19)17-10-12-8-7-9-21-12/h7-9,11,13H,6,10H2,1-5H3,(H,17,19)(H,18,20)/t11-,13+/m1/s1. The van der Waals surface area contributed by atoms with E-state index in [0.717, 1.165) is 6.42 Å². The minimum Gasteiger partial charge on any atom is -0.467 e. The molecule has 0 fully saturated rings. The third-order valence-corrected chi connectivity index (χ3v) is 3.18. The molecule has 0 radical (unpaired) electrons. The second kappa shape index (κ2) is 7.87. The Hall–Kier alpha value is -1.98. The van der Waals surface area contributed by atoms with Crippen LogP contribution >= 0.6 is 0 Å². The third-order valence-electron chi connectivity index (χ3n) is 3.18. The van der Waals surface area contributed by atoms with Crippen LogP contribution in [0.15, 0.2) is 22.8 Å². The van der Waals surface area contributed by atoms with Gasteiger partial charge >= 0.3 is 6.09 Å². The van der Waals surface area contributed by atoms with Crippen LogP contribution in [-0.4, -0.2) is 23.6 Å². The van der Waals surface area contributed by atoms with Crippen molar-refractivity contribution in [3.63, 3.8) is 0 Å². The lowest BCUT2D eigenvalue weighted by atomic mass is 9.98. The molecule has 1 heterocycles. The smallest absolute Gasteiger partial charge is 0.408 e. The molecule has 0 aliphatic carbocycles. The molecule has 0 saturated heterocycles. The molecule has 0 aliphatic rings. The van der Waals surface area contributed by atoms with Gasteiger partial charge in [-0.1, -0.05) is 20.3 Å². The zero-order valence-electron chi connectivity index (χ0n) is 13.9. The Kier molecular flexibility index (Phi) is 6.46. The number of amides is 2. The van der Waals surface area contributed by atoms with Gasteiger partial charge in [-0.15, -0.1) is 0 Å². The van der Waals surface area contributed by atoms with E-state index < -0.39 is 17.7 Å². The summed E-state index contributed by atoms with van der Waals surface area (Å²) in [5, 5.41) is 5.42. The van der Waals surface area contributed by atoms with Gasteiger partial charge in [0, 0.05) is 0 Å². The molecule has 0 spiro atoms. The van der Waals surface area contributed by atoms with Gasteiger partial charge in [0.15, 0.2) is 0 Å². The molecule has 6 heteroatoms. The molecule has 0 saturated carbocycles. The molecule has 2 N–H and O–H groups in total. The number of hydrogen-bond acceptors (Lipinski definition) is 4. The van der Waals surface area contributed by atoms with Crippen LogP contribution < -0.4 is 10.6 Å². The Bertz CT molecular complexity index is 477. The summed E-state index contributed by atoms with van der Waals surface area (Å²) in [6, 6.07) is 2.89. The van der Waals surface area contributed by atoms with Crippen molar-refractivity contribution in [3.05, 3.63) is 24.2 Å². The highest BCUT2D eigenvalue weighted by Crippen LogP contribution is 2.11. The molecule has 1 rings (SSSR count).